The summed E-state index contributed by atoms with van der Waals surface area (Å²) in [5.41, 5.74) is 0.820. The van der Waals surface area contributed by atoms with Crippen LogP contribution in [0.4, 0.5) is 0 Å². The fourth-order valence-corrected chi connectivity index (χ4v) is 2.51. The highest BCUT2D eigenvalue weighted by Crippen LogP contribution is 2.16. The number of unbranched alkanes of at least 4 members (excludes halogenated alkanes) is 1. The molecule has 2 rings (SSSR count). The maximum atomic E-state index is 12.0. The Hall–Kier alpha value is -2.20. The Morgan fingerprint density at radius 1 is 1.09 bits per heavy atom. The molecule has 4 heteroatoms. The molecule has 0 fully saturated rings. The van der Waals surface area contributed by atoms with Gasteiger partial charge in [-0.2, -0.15) is 0 Å². The Kier molecular flexibility index (Phi) is 6.76. The zero-order chi connectivity index (χ0) is 16.5. The molecule has 0 bridgehead atoms. The van der Waals surface area contributed by atoms with Crippen LogP contribution in [0.1, 0.15) is 37.9 Å². The highest BCUT2D eigenvalue weighted by molar-refractivity contribution is 5.76. The summed E-state index contributed by atoms with van der Waals surface area (Å²) in [6.45, 7) is 2.74. The van der Waals surface area contributed by atoms with E-state index in [4.69, 9.17) is 0 Å². The molecule has 0 saturated heterocycles. The van der Waals surface area contributed by atoms with Crippen LogP contribution < -0.4 is 9.88 Å². The molecule has 0 radical (unpaired) electrons. The predicted molar refractivity (Wildman–Crippen MR) is 89.5 cm³/mol. The normalized spacial score (nSPS) is 13.3. The van der Waals surface area contributed by atoms with E-state index in [1.165, 1.54) is 0 Å². The number of hydrogen-bond acceptors (Lipinski definition) is 2. The molecule has 23 heavy (non-hydrogen) atoms. The maximum absolute atomic E-state index is 12.0. The summed E-state index contributed by atoms with van der Waals surface area (Å²) in [5, 5.41) is 13.1. The lowest BCUT2D eigenvalue weighted by Crippen LogP contribution is -2.37. The number of aliphatic hydroxyl groups excluding tert-OH is 1. The molecular weight excluding hydrogens is 288 g/mol. The minimum atomic E-state index is -0.681. The summed E-state index contributed by atoms with van der Waals surface area (Å²) in [6.07, 6.45) is 5.65. The van der Waals surface area contributed by atoms with E-state index >= 15 is 0 Å². The topological polar surface area (TPSA) is 53.2 Å². The number of carbonyl (C=O) groups excluding carboxylic acids is 1. The Balaban J connectivity index is 1.68. The molecule has 122 valence electrons. The lowest BCUT2D eigenvalue weighted by molar-refractivity contribution is -0.697. The van der Waals surface area contributed by atoms with E-state index in [9.17, 15) is 9.90 Å². The number of hydrogen-bond donors (Lipinski definition) is 2. The highest BCUT2D eigenvalue weighted by Gasteiger charge is 2.17. The van der Waals surface area contributed by atoms with Gasteiger partial charge in [-0.1, -0.05) is 36.4 Å². The van der Waals surface area contributed by atoms with Crippen molar-refractivity contribution >= 4 is 5.91 Å². The van der Waals surface area contributed by atoms with Gasteiger partial charge in [-0.3, -0.25) is 4.79 Å². The van der Waals surface area contributed by atoms with Gasteiger partial charge in [-0.25, -0.2) is 4.57 Å². The third-order valence-electron chi connectivity index (χ3n) is 3.85. The van der Waals surface area contributed by atoms with E-state index in [0.717, 1.165) is 24.9 Å². The first-order chi connectivity index (χ1) is 11.2. The molecule has 4 nitrogen and oxygen atoms in total. The third-order valence-corrected chi connectivity index (χ3v) is 3.85. The van der Waals surface area contributed by atoms with Crippen molar-refractivity contribution in [3.8, 4) is 0 Å². The number of aryl methyl sites for hydroxylation is 1. The average Bonchev–Trinajstić information content (AvgIpc) is 2.59. The van der Waals surface area contributed by atoms with E-state index < -0.39 is 6.10 Å². The van der Waals surface area contributed by atoms with Gasteiger partial charge < -0.3 is 10.4 Å². The summed E-state index contributed by atoms with van der Waals surface area (Å²) >= 11 is 0. The number of nitrogens with zero attached hydrogens (tertiary/aromatic N) is 1. The number of aromatic nitrogens is 1. The van der Waals surface area contributed by atoms with Gasteiger partial charge in [0.2, 0.25) is 5.91 Å². The molecule has 0 aliphatic rings. The Bertz CT molecular complexity index is 587. The largest absolute Gasteiger partial charge is 0.386 e. The van der Waals surface area contributed by atoms with Crippen LogP contribution in [0.3, 0.4) is 0 Å². The van der Waals surface area contributed by atoms with Gasteiger partial charge in [0.25, 0.3) is 0 Å². The van der Waals surface area contributed by atoms with Gasteiger partial charge >= 0.3 is 0 Å². The molecule has 0 saturated carbocycles. The molecule has 0 spiro atoms. The van der Waals surface area contributed by atoms with Gasteiger partial charge in [0.1, 0.15) is 6.54 Å². The number of aliphatic hydroxyl groups is 1. The van der Waals surface area contributed by atoms with Crippen molar-refractivity contribution in [3.63, 3.8) is 0 Å². The Morgan fingerprint density at radius 2 is 1.74 bits per heavy atom. The molecule has 2 aromatic rings. The fraction of sp³-hybridized carbons (Fsp3) is 0.368. The van der Waals surface area contributed by atoms with Crippen molar-refractivity contribution in [2.24, 2.45) is 0 Å². The molecule has 1 amide bonds. The smallest absolute Gasteiger partial charge is 0.220 e. The van der Waals surface area contributed by atoms with Gasteiger partial charge in [-0.05, 0) is 18.9 Å². The van der Waals surface area contributed by atoms with Crippen LogP contribution >= 0.6 is 0 Å². The third kappa shape index (κ3) is 5.83. The minimum Gasteiger partial charge on any atom is -0.386 e. The molecule has 0 unspecified atom stereocenters. The summed E-state index contributed by atoms with van der Waals surface area (Å²) in [4.78, 5) is 12.0. The quantitative estimate of drug-likeness (QED) is 0.581. The second-order valence-electron chi connectivity index (χ2n) is 5.78. The summed E-state index contributed by atoms with van der Waals surface area (Å²) in [5.74, 6) is -0.00876. The molecule has 0 aliphatic heterocycles. The Morgan fingerprint density at radius 3 is 2.43 bits per heavy atom. The summed E-state index contributed by atoms with van der Waals surface area (Å²) < 4.78 is 2.11. The SMILES string of the molecule is C[C@@H](NC(=O)CCCC[n+]1ccccc1)[C@@H](O)c1ccccc1. The maximum Gasteiger partial charge on any atom is 0.220 e. The lowest BCUT2D eigenvalue weighted by atomic mass is 10.0. The van der Waals surface area contributed by atoms with Crippen LogP contribution in [0.15, 0.2) is 60.9 Å². The van der Waals surface area contributed by atoms with Gasteiger partial charge in [0.05, 0.1) is 12.1 Å². The average molecular weight is 313 g/mol. The second kappa shape index (κ2) is 9.06. The van der Waals surface area contributed by atoms with Gasteiger partial charge in [-0.15, -0.1) is 0 Å². The molecule has 2 atom stereocenters. The van der Waals surface area contributed by atoms with Crippen molar-refractivity contribution in [2.75, 3.05) is 0 Å². The van der Waals surface area contributed by atoms with E-state index in [1.54, 1.807) is 0 Å². The van der Waals surface area contributed by atoms with Crippen molar-refractivity contribution in [1.82, 2.24) is 5.32 Å². The van der Waals surface area contributed by atoms with E-state index in [1.807, 2.05) is 67.8 Å². The standard InChI is InChI=1S/C19H24N2O2/c1-16(19(23)17-10-4-2-5-11-17)20-18(22)12-6-9-15-21-13-7-3-8-14-21/h2-5,7-8,10-11,13-14,16,19,23H,6,9,12,15H2,1H3/p+1/t16-,19-/m1/s1. The molecule has 0 aliphatic carbocycles. The molecular formula is C19H25N2O2+. The lowest BCUT2D eigenvalue weighted by Gasteiger charge is -2.20. The van der Waals surface area contributed by atoms with Crippen molar-refractivity contribution in [2.45, 2.75) is 44.9 Å². The van der Waals surface area contributed by atoms with Gasteiger partial charge in [0.15, 0.2) is 12.4 Å². The Labute approximate surface area is 137 Å². The number of pyridine rings is 1. The number of benzene rings is 1. The van der Waals surface area contributed by atoms with Gasteiger partial charge in [0, 0.05) is 25.0 Å². The van der Waals surface area contributed by atoms with E-state index in [2.05, 4.69) is 9.88 Å². The minimum absolute atomic E-state index is 0.00876. The molecule has 1 aromatic carbocycles. The number of amides is 1. The number of carbonyl (C=O) groups is 1. The first-order valence-corrected chi connectivity index (χ1v) is 8.13. The molecule has 1 aromatic heterocycles. The first kappa shape index (κ1) is 17.2. The van der Waals surface area contributed by atoms with Crippen LogP contribution in [-0.2, 0) is 11.3 Å². The summed E-state index contributed by atoms with van der Waals surface area (Å²) in [7, 11) is 0. The van der Waals surface area contributed by atoms with E-state index in [0.29, 0.717) is 6.42 Å². The highest BCUT2D eigenvalue weighted by atomic mass is 16.3. The van der Waals surface area contributed by atoms with Crippen molar-refractivity contribution in [1.29, 1.82) is 0 Å². The van der Waals surface area contributed by atoms with Crippen LogP contribution in [0.2, 0.25) is 0 Å². The van der Waals surface area contributed by atoms with Crippen LogP contribution in [0, 0.1) is 0 Å². The monoisotopic (exact) mass is 313 g/mol. The van der Waals surface area contributed by atoms with Crippen LogP contribution in [0.25, 0.3) is 0 Å². The molecule has 2 N–H and O–H groups in total. The first-order valence-electron chi connectivity index (χ1n) is 8.13. The molecule has 1 heterocycles. The number of nitrogens with one attached hydrogen (secondary N) is 1. The van der Waals surface area contributed by atoms with Crippen LogP contribution in [0.5, 0.6) is 0 Å². The fourth-order valence-electron chi connectivity index (χ4n) is 2.51. The number of rotatable bonds is 8. The zero-order valence-corrected chi connectivity index (χ0v) is 13.6. The second-order valence-corrected chi connectivity index (χ2v) is 5.78. The predicted octanol–water partition coefficient (Wildman–Crippen LogP) is 2.38. The van der Waals surface area contributed by atoms with Crippen molar-refractivity contribution in [3.05, 3.63) is 66.5 Å². The van der Waals surface area contributed by atoms with Crippen molar-refractivity contribution < 1.29 is 14.5 Å². The van der Waals surface area contributed by atoms with Crippen LogP contribution in [-0.4, -0.2) is 17.1 Å². The van der Waals surface area contributed by atoms with E-state index in [-0.39, 0.29) is 11.9 Å². The zero-order valence-electron chi connectivity index (χ0n) is 13.6. The summed E-state index contributed by atoms with van der Waals surface area (Å²) in [6, 6.07) is 15.1.